The van der Waals surface area contributed by atoms with Crippen LogP contribution in [0.4, 0.5) is 0 Å². The number of carbonyl (C=O) groups is 1. The molecule has 1 fully saturated rings. The van der Waals surface area contributed by atoms with Crippen molar-refractivity contribution < 1.29 is 14.3 Å². The van der Waals surface area contributed by atoms with Crippen LogP contribution in [0.25, 0.3) is 0 Å². The molecule has 0 spiro atoms. The number of likely N-dealkylation sites (N-methyl/N-ethyl adjacent to an activating group) is 1. The maximum absolute atomic E-state index is 12.2. The van der Waals surface area contributed by atoms with E-state index in [0.717, 1.165) is 24.3 Å². The third-order valence-electron chi connectivity index (χ3n) is 3.51. The number of rotatable bonds is 5. The molecule has 5 nitrogen and oxygen atoms in total. The summed E-state index contributed by atoms with van der Waals surface area (Å²) in [5, 5.41) is 3.18. The fourth-order valence-electron chi connectivity index (χ4n) is 2.30. The first-order valence-electron chi connectivity index (χ1n) is 6.90. The number of morpholine rings is 1. The van der Waals surface area contributed by atoms with Crippen molar-refractivity contribution in [3.8, 4) is 5.75 Å². The monoisotopic (exact) mass is 278 g/mol. The van der Waals surface area contributed by atoms with Gasteiger partial charge in [0.05, 0.1) is 20.3 Å². The summed E-state index contributed by atoms with van der Waals surface area (Å²) in [5.74, 6) is 0.951. The van der Waals surface area contributed by atoms with Crippen molar-refractivity contribution in [1.82, 2.24) is 10.2 Å². The minimum Gasteiger partial charge on any atom is -0.496 e. The van der Waals surface area contributed by atoms with Crippen molar-refractivity contribution in [2.24, 2.45) is 0 Å². The molecule has 110 valence electrons. The number of benzene rings is 1. The molecule has 2 rings (SSSR count). The first kappa shape index (κ1) is 14.8. The van der Waals surface area contributed by atoms with E-state index in [1.54, 1.807) is 12.0 Å². The Morgan fingerprint density at radius 1 is 1.50 bits per heavy atom. The van der Waals surface area contributed by atoms with Gasteiger partial charge in [0, 0.05) is 20.1 Å². The Bertz CT molecular complexity index is 444. The van der Waals surface area contributed by atoms with Gasteiger partial charge in [-0.05, 0) is 18.1 Å². The van der Waals surface area contributed by atoms with Crippen LogP contribution in [0.5, 0.6) is 5.75 Å². The first-order valence-corrected chi connectivity index (χ1v) is 6.90. The fourth-order valence-corrected chi connectivity index (χ4v) is 2.30. The topological polar surface area (TPSA) is 50.8 Å². The van der Waals surface area contributed by atoms with Crippen LogP contribution >= 0.6 is 0 Å². The Morgan fingerprint density at radius 3 is 3.00 bits per heavy atom. The molecule has 0 bridgehead atoms. The molecular weight excluding hydrogens is 256 g/mol. The van der Waals surface area contributed by atoms with Gasteiger partial charge in [0.1, 0.15) is 11.8 Å². The molecule has 1 aromatic rings. The predicted octanol–water partition coefficient (Wildman–Crippen LogP) is 0.684. The van der Waals surface area contributed by atoms with E-state index in [0.29, 0.717) is 19.8 Å². The number of methoxy groups -OCH3 is 1. The summed E-state index contributed by atoms with van der Waals surface area (Å²) in [4.78, 5) is 14.0. The van der Waals surface area contributed by atoms with E-state index in [1.807, 2.05) is 31.3 Å². The van der Waals surface area contributed by atoms with Crippen LogP contribution in [0.2, 0.25) is 0 Å². The van der Waals surface area contributed by atoms with Crippen molar-refractivity contribution in [3.63, 3.8) is 0 Å². The number of amides is 1. The number of carbonyl (C=O) groups excluding carboxylic acids is 1. The molecule has 1 amide bonds. The maximum Gasteiger partial charge on any atom is 0.241 e. The highest BCUT2D eigenvalue weighted by molar-refractivity contribution is 5.81. The van der Waals surface area contributed by atoms with Crippen molar-refractivity contribution >= 4 is 5.91 Å². The third kappa shape index (κ3) is 3.71. The van der Waals surface area contributed by atoms with E-state index in [-0.39, 0.29) is 11.9 Å². The van der Waals surface area contributed by atoms with E-state index < -0.39 is 0 Å². The van der Waals surface area contributed by atoms with Crippen molar-refractivity contribution in [2.75, 3.05) is 40.5 Å². The number of hydrogen-bond donors (Lipinski definition) is 1. The summed E-state index contributed by atoms with van der Waals surface area (Å²) in [7, 11) is 3.49. The van der Waals surface area contributed by atoms with Gasteiger partial charge >= 0.3 is 0 Å². The van der Waals surface area contributed by atoms with Crippen LogP contribution in [0.15, 0.2) is 24.3 Å². The molecule has 0 saturated carbocycles. The molecule has 1 atom stereocenters. The van der Waals surface area contributed by atoms with Gasteiger partial charge in [-0.3, -0.25) is 4.79 Å². The van der Waals surface area contributed by atoms with Crippen LogP contribution in [0, 0.1) is 0 Å². The van der Waals surface area contributed by atoms with Gasteiger partial charge < -0.3 is 19.7 Å². The van der Waals surface area contributed by atoms with Crippen molar-refractivity contribution in [1.29, 1.82) is 0 Å². The summed E-state index contributed by atoms with van der Waals surface area (Å²) < 4.78 is 10.6. The third-order valence-corrected chi connectivity index (χ3v) is 3.51. The van der Waals surface area contributed by atoms with Gasteiger partial charge in [-0.15, -0.1) is 0 Å². The average Bonchev–Trinajstić information content (AvgIpc) is 2.53. The van der Waals surface area contributed by atoms with Gasteiger partial charge in [-0.25, -0.2) is 0 Å². The number of para-hydroxylation sites is 1. The maximum atomic E-state index is 12.2. The zero-order valence-corrected chi connectivity index (χ0v) is 12.1. The standard InChI is InChI=1S/C15H22N2O3/c1-17(15(18)13-11-20-10-8-16-13)9-7-12-5-3-4-6-14(12)19-2/h3-6,13,16H,7-11H2,1-2H3/t13-/m1/s1. The second-order valence-electron chi connectivity index (χ2n) is 4.90. The molecule has 0 radical (unpaired) electrons. The molecule has 1 aromatic carbocycles. The van der Waals surface area contributed by atoms with Gasteiger partial charge in [0.25, 0.3) is 0 Å². The van der Waals surface area contributed by atoms with E-state index in [1.165, 1.54) is 0 Å². The SMILES string of the molecule is COc1ccccc1CCN(C)C(=O)[C@H]1COCCN1. The highest BCUT2D eigenvalue weighted by Gasteiger charge is 2.24. The number of ether oxygens (including phenoxy) is 2. The predicted molar refractivity (Wildman–Crippen MR) is 76.9 cm³/mol. The summed E-state index contributed by atoms with van der Waals surface area (Å²) >= 11 is 0. The second-order valence-corrected chi connectivity index (χ2v) is 4.90. The molecule has 1 heterocycles. The zero-order valence-electron chi connectivity index (χ0n) is 12.1. The molecule has 5 heteroatoms. The quantitative estimate of drug-likeness (QED) is 0.861. The van der Waals surface area contributed by atoms with Gasteiger partial charge in [0.15, 0.2) is 0 Å². The smallest absolute Gasteiger partial charge is 0.241 e. The normalized spacial score (nSPS) is 18.6. The van der Waals surface area contributed by atoms with Crippen LogP contribution < -0.4 is 10.1 Å². The second kappa shape index (κ2) is 7.26. The summed E-state index contributed by atoms with van der Waals surface area (Å²) in [5.41, 5.74) is 1.11. The summed E-state index contributed by atoms with van der Waals surface area (Å²) in [6.07, 6.45) is 0.778. The lowest BCUT2D eigenvalue weighted by Gasteiger charge is -2.27. The van der Waals surface area contributed by atoms with Crippen molar-refractivity contribution in [2.45, 2.75) is 12.5 Å². The first-order chi connectivity index (χ1) is 9.72. The van der Waals surface area contributed by atoms with Gasteiger partial charge in [-0.2, -0.15) is 0 Å². The lowest BCUT2D eigenvalue weighted by molar-refractivity contribution is -0.135. The molecule has 1 N–H and O–H groups in total. The Hall–Kier alpha value is -1.59. The van der Waals surface area contributed by atoms with Gasteiger partial charge in [0.2, 0.25) is 5.91 Å². The largest absolute Gasteiger partial charge is 0.496 e. The molecule has 0 aliphatic carbocycles. The molecule has 20 heavy (non-hydrogen) atoms. The van der Waals surface area contributed by atoms with E-state index in [2.05, 4.69) is 5.32 Å². The van der Waals surface area contributed by atoms with Crippen LogP contribution in [-0.4, -0.2) is 57.3 Å². The van der Waals surface area contributed by atoms with E-state index in [4.69, 9.17) is 9.47 Å². The molecule has 0 unspecified atom stereocenters. The molecule has 1 aliphatic heterocycles. The minimum atomic E-state index is -0.216. The van der Waals surface area contributed by atoms with E-state index in [9.17, 15) is 4.79 Å². The highest BCUT2D eigenvalue weighted by atomic mass is 16.5. The molecular formula is C15H22N2O3. The van der Waals surface area contributed by atoms with Crippen LogP contribution in [0.3, 0.4) is 0 Å². The summed E-state index contributed by atoms with van der Waals surface area (Å²) in [6, 6.07) is 7.68. The molecule has 1 aliphatic rings. The van der Waals surface area contributed by atoms with Crippen molar-refractivity contribution in [3.05, 3.63) is 29.8 Å². The zero-order chi connectivity index (χ0) is 14.4. The molecule has 1 saturated heterocycles. The van der Waals surface area contributed by atoms with Crippen LogP contribution in [-0.2, 0) is 16.0 Å². The Kier molecular flexibility index (Phi) is 5.38. The highest BCUT2D eigenvalue weighted by Crippen LogP contribution is 2.17. The number of nitrogens with zero attached hydrogens (tertiary/aromatic N) is 1. The van der Waals surface area contributed by atoms with Gasteiger partial charge in [-0.1, -0.05) is 18.2 Å². The Labute approximate surface area is 119 Å². The Balaban J connectivity index is 1.87. The summed E-state index contributed by atoms with van der Waals surface area (Å²) in [6.45, 7) is 2.53. The average molecular weight is 278 g/mol. The number of nitrogens with one attached hydrogen (secondary N) is 1. The number of hydrogen-bond acceptors (Lipinski definition) is 4. The Morgan fingerprint density at radius 2 is 2.30 bits per heavy atom. The lowest BCUT2D eigenvalue weighted by Crippen LogP contribution is -2.51. The minimum absolute atomic E-state index is 0.0830. The fraction of sp³-hybridized carbons (Fsp3) is 0.533. The van der Waals surface area contributed by atoms with Crippen LogP contribution in [0.1, 0.15) is 5.56 Å². The molecule has 0 aromatic heterocycles. The lowest BCUT2D eigenvalue weighted by atomic mass is 10.1. The van der Waals surface area contributed by atoms with E-state index >= 15 is 0 Å².